The lowest BCUT2D eigenvalue weighted by Gasteiger charge is -2.38. The molecule has 1 aliphatic heterocycles. The van der Waals surface area contributed by atoms with Crippen LogP contribution in [0.4, 0.5) is 0 Å². The number of ketones is 1. The molecular weight excluding hydrogens is 715 g/mol. The minimum absolute atomic E-state index is 0.0183. The maximum atomic E-state index is 14.7. The number of likely N-dealkylation sites (tertiary alicyclic amines) is 1. The largest absolute Gasteiger partial charge is 0.363 e. The molecule has 0 bridgehead atoms. The number of carbonyl (C=O) groups is 5. The van der Waals surface area contributed by atoms with Crippen molar-refractivity contribution in [2.45, 2.75) is 111 Å². The highest BCUT2D eigenvalue weighted by Crippen LogP contribution is 2.34. The molecule has 1 aromatic heterocycles. The second-order valence-corrected chi connectivity index (χ2v) is 18.7. The summed E-state index contributed by atoms with van der Waals surface area (Å²) in [5, 5.41) is 13.7. The number of benzene rings is 1. The van der Waals surface area contributed by atoms with Crippen LogP contribution in [0.15, 0.2) is 35.4 Å². The number of carbonyl (C=O) groups excluding carboxylic acids is 5. The zero-order valence-electron chi connectivity index (χ0n) is 29.5. The molecule has 0 radical (unpaired) electrons. The lowest BCUT2D eigenvalue weighted by Crippen LogP contribution is -2.62. The van der Waals surface area contributed by atoms with Crippen LogP contribution in [0.25, 0.3) is 0 Å². The molecule has 18 heteroatoms. The first-order valence-corrected chi connectivity index (χ1v) is 21.6. The Morgan fingerprint density at radius 3 is 2.17 bits per heavy atom. The molecule has 3 atom stereocenters. The number of rotatable bonds is 13. The fraction of sp³-hybridized carbons (Fsp3) is 0.618. The van der Waals surface area contributed by atoms with Gasteiger partial charge in [-0.1, -0.05) is 56.6 Å². The first kappa shape index (κ1) is 39.0. The average Bonchev–Trinajstić information content (AvgIpc) is 3.74. The number of primary amides is 1. The summed E-state index contributed by atoms with van der Waals surface area (Å²) in [5.41, 5.74) is 4.29. The normalized spacial score (nSPS) is 21.6. The van der Waals surface area contributed by atoms with Gasteiger partial charge in [0.15, 0.2) is 19.7 Å². The molecule has 2 saturated carbocycles. The van der Waals surface area contributed by atoms with E-state index in [0.29, 0.717) is 12.8 Å². The molecule has 3 aliphatic rings. The van der Waals surface area contributed by atoms with Crippen molar-refractivity contribution in [2.75, 3.05) is 19.1 Å². The van der Waals surface area contributed by atoms with Crippen LogP contribution in [0.2, 0.25) is 0 Å². The van der Waals surface area contributed by atoms with Crippen molar-refractivity contribution in [1.82, 2.24) is 30.5 Å². The van der Waals surface area contributed by atoms with Crippen molar-refractivity contribution in [1.29, 1.82) is 0 Å². The molecule has 0 spiro atoms. The van der Waals surface area contributed by atoms with Crippen LogP contribution in [0.1, 0.15) is 99.1 Å². The van der Waals surface area contributed by atoms with Gasteiger partial charge in [-0.05, 0) is 49.4 Å². The Labute approximate surface area is 303 Å². The minimum atomic E-state index is -3.51. The monoisotopic (exact) mass is 761 g/mol. The molecule has 2 aliphatic carbocycles. The molecule has 2 heterocycles. The van der Waals surface area contributed by atoms with E-state index in [0.717, 1.165) is 51.0 Å². The number of amides is 4. The zero-order chi connectivity index (χ0) is 37.8. The summed E-state index contributed by atoms with van der Waals surface area (Å²) >= 11 is 0. The quantitative estimate of drug-likeness (QED) is 0.244. The third kappa shape index (κ3) is 9.23. The number of nitrogens with one attached hydrogen (secondary N) is 2. The standard InChI is InChI=1S/C34H47N7O9S2/c1-51(47,48)21-25-19-36-39-41(25)24-18-28(32(45)38-34(29(42)30(35)43)15-7-4-8-16-34)40(20-24)33(46)27(17-22-9-5-3-6-10-22)37-31(44)23-11-13-26(14-12-23)52(2,49)50/h11-14,19,22,24,27-28H,3-10,15-18,20-21H2,1-2H3,(H2,35,43)(H,37,44)(H,38,45)/t24-,27?,28-/m0/s1. The van der Waals surface area contributed by atoms with E-state index >= 15 is 0 Å². The summed E-state index contributed by atoms with van der Waals surface area (Å²) in [6.07, 6.45) is 10.7. The first-order valence-electron chi connectivity index (χ1n) is 17.6. The highest BCUT2D eigenvalue weighted by molar-refractivity contribution is 7.90. The predicted octanol–water partition coefficient (Wildman–Crippen LogP) is 1.01. The molecule has 16 nitrogen and oxygen atoms in total. The summed E-state index contributed by atoms with van der Waals surface area (Å²) in [7, 11) is -7.02. The summed E-state index contributed by atoms with van der Waals surface area (Å²) in [5.74, 6) is -4.20. The zero-order valence-corrected chi connectivity index (χ0v) is 31.1. The SMILES string of the molecule is CS(=O)(=O)Cc1cnnn1[C@H]1C[C@@H](C(=O)NC2(C(=O)C(N)=O)CCCCC2)N(C(=O)C(CC2CCCCC2)NC(=O)c2ccc(S(C)(=O)=O)cc2)C1. The molecule has 284 valence electrons. The number of nitrogens with zero attached hydrogens (tertiary/aromatic N) is 4. The van der Waals surface area contributed by atoms with Crippen LogP contribution in [0.3, 0.4) is 0 Å². The van der Waals surface area contributed by atoms with Gasteiger partial charge in [-0.15, -0.1) is 5.10 Å². The maximum absolute atomic E-state index is 14.7. The van der Waals surface area contributed by atoms with E-state index in [2.05, 4.69) is 20.9 Å². The van der Waals surface area contributed by atoms with Crippen molar-refractivity contribution in [2.24, 2.45) is 11.7 Å². The Bertz CT molecular complexity index is 1900. The van der Waals surface area contributed by atoms with Gasteiger partial charge in [0.25, 0.3) is 11.8 Å². The Hall–Kier alpha value is -4.19. The van der Waals surface area contributed by atoms with Gasteiger partial charge in [0, 0.05) is 31.0 Å². The highest BCUT2D eigenvalue weighted by atomic mass is 32.2. The van der Waals surface area contributed by atoms with Crippen LogP contribution in [-0.4, -0.2) is 103 Å². The van der Waals surface area contributed by atoms with Crippen LogP contribution >= 0.6 is 0 Å². The maximum Gasteiger partial charge on any atom is 0.287 e. The Kier molecular flexibility index (Phi) is 11.9. The summed E-state index contributed by atoms with van der Waals surface area (Å²) < 4.78 is 49.8. The van der Waals surface area contributed by atoms with Gasteiger partial charge in [-0.2, -0.15) is 0 Å². The number of hydrogen-bond acceptors (Lipinski definition) is 11. The van der Waals surface area contributed by atoms with Gasteiger partial charge in [0.05, 0.1) is 28.6 Å². The molecule has 1 saturated heterocycles. The Morgan fingerprint density at radius 2 is 1.58 bits per heavy atom. The first-order chi connectivity index (χ1) is 24.5. The molecule has 4 amide bonds. The summed E-state index contributed by atoms with van der Waals surface area (Å²) in [6.45, 7) is -0.0894. The van der Waals surface area contributed by atoms with E-state index in [9.17, 15) is 40.8 Å². The fourth-order valence-electron chi connectivity index (χ4n) is 7.82. The summed E-state index contributed by atoms with van der Waals surface area (Å²) in [4.78, 5) is 69.2. The molecule has 5 rings (SSSR count). The average molecular weight is 762 g/mol. The fourth-order valence-corrected chi connectivity index (χ4v) is 9.19. The van der Waals surface area contributed by atoms with E-state index < -0.39 is 72.8 Å². The molecule has 4 N–H and O–H groups in total. The molecule has 1 unspecified atom stereocenters. The number of Topliss-reactive ketones (excluding diaryl/α,β-unsaturated/α-hetero) is 1. The third-order valence-electron chi connectivity index (χ3n) is 10.4. The molecule has 3 fully saturated rings. The van der Waals surface area contributed by atoms with E-state index in [4.69, 9.17) is 5.73 Å². The highest BCUT2D eigenvalue weighted by Gasteiger charge is 2.49. The van der Waals surface area contributed by atoms with Crippen LogP contribution < -0.4 is 16.4 Å². The van der Waals surface area contributed by atoms with Crippen LogP contribution in [0, 0.1) is 5.92 Å². The third-order valence-corrected chi connectivity index (χ3v) is 12.4. The van der Waals surface area contributed by atoms with Gasteiger partial charge >= 0.3 is 0 Å². The van der Waals surface area contributed by atoms with E-state index in [-0.39, 0.29) is 60.1 Å². The van der Waals surface area contributed by atoms with Crippen LogP contribution in [0.5, 0.6) is 0 Å². The summed E-state index contributed by atoms with van der Waals surface area (Å²) in [6, 6.07) is 2.39. The number of nitrogens with two attached hydrogens (primary N) is 1. The van der Waals surface area contributed by atoms with Crippen molar-refractivity contribution in [3.8, 4) is 0 Å². The van der Waals surface area contributed by atoms with Gasteiger partial charge in [0.2, 0.25) is 17.6 Å². The van der Waals surface area contributed by atoms with Gasteiger partial charge in [0.1, 0.15) is 17.6 Å². The number of aromatic nitrogens is 3. The second kappa shape index (κ2) is 15.8. The van der Waals surface area contributed by atoms with Crippen molar-refractivity contribution in [3.05, 3.63) is 41.7 Å². The van der Waals surface area contributed by atoms with E-state index in [1.54, 1.807) is 0 Å². The second-order valence-electron chi connectivity index (χ2n) is 14.5. The molecule has 1 aromatic carbocycles. The Morgan fingerprint density at radius 1 is 0.942 bits per heavy atom. The van der Waals surface area contributed by atoms with E-state index in [1.807, 2.05) is 0 Å². The van der Waals surface area contributed by atoms with Gasteiger partial charge < -0.3 is 21.3 Å². The molecular formula is C34H47N7O9S2. The van der Waals surface area contributed by atoms with Crippen molar-refractivity contribution >= 4 is 49.1 Å². The minimum Gasteiger partial charge on any atom is -0.363 e. The molecule has 52 heavy (non-hydrogen) atoms. The Balaban J connectivity index is 1.48. The van der Waals surface area contributed by atoms with Crippen LogP contribution in [-0.2, 0) is 44.6 Å². The smallest absolute Gasteiger partial charge is 0.287 e. The van der Waals surface area contributed by atoms with Gasteiger partial charge in [-0.25, -0.2) is 21.5 Å². The number of sulfone groups is 2. The number of hydrogen-bond donors (Lipinski definition) is 3. The lowest BCUT2D eigenvalue weighted by molar-refractivity contribution is -0.145. The van der Waals surface area contributed by atoms with Gasteiger partial charge in [-0.3, -0.25) is 24.0 Å². The predicted molar refractivity (Wildman–Crippen MR) is 188 cm³/mol. The topological polar surface area (TPSA) is 238 Å². The molecule has 2 aromatic rings. The lowest BCUT2D eigenvalue weighted by atomic mass is 9.78. The van der Waals surface area contributed by atoms with Crippen molar-refractivity contribution < 1.29 is 40.8 Å². The van der Waals surface area contributed by atoms with E-state index in [1.165, 1.54) is 40.0 Å². The van der Waals surface area contributed by atoms with Crippen molar-refractivity contribution in [3.63, 3.8) is 0 Å².